The summed E-state index contributed by atoms with van der Waals surface area (Å²) in [6.07, 6.45) is 1.76. The zero-order valence-electron chi connectivity index (χ0n) is 13.4. The fourth-order valence-corrected chi connectivity index (χ4v) is 3.08. The third kappa shape index (κ3) is 4.97. The molecular formula is C17H19ClN2O3S. The largest absolute Gasteiger partial charge is 0.345 e. The molecule has 0 heterocycles. The maximum atomic E-state index is 12.6. The van der Waals surface area contributed by atoms with E-state index in [2.05, 4.69) is 10.0 Å². The van der Waals surface area contributed by atoms with Gasteiger partial charge in [-0.05, 0) is 30.2 Å². The lowest BCUT2D eigenvalue weighted by atomic mass is 10.0. The quantitative estimate of drug-likeness (QED) is 0.820. The molecule has 2 aromatic carbocycles. The van der Waals surface area contributed by atoms with Gasteiger partial charge in [0.05, 0.1) is 22.9 Å². The van der Waals surface area contributed by atoms with Crippen LogP contribution in [0.2, 0.25) is 5.02 Å². The fraction of sp³-hybridized carbons (Fsp3) is 0.235. The van der Waals surface area contributed by atoms with Crippen LogP contribution in [0.25, 0.3) is 0 Å². The van der Waals surface area contributed by atoms with Crippen LogP contribution in [0.15, 0.2) is 48.5 Å². The highest BCUT2D eigenvalue weighted by Gasteiger charge is 2.17. The van der Waals surface area contributed by atoms with Gasteiger partial charge in [-0.15, -0.1) is 0 Å². The van der Waals surface area contributed by atoms with E-state index in [-0.39, 0.29) is 22.5 Å². The van der Waals surface area contributed by atoms with Crippen LogP contribution in [0.1, 0.15) is 35.3 Å². The second-order valence-electron chi connectivity index (χ2n) is 5.41. The summed E-state index contributed by atoms with van der Waals surface area (Å²) in [4.78, 5) is 12.6. The minimum Gasteiger partial charge on any atom is -0.345 e. The van der Waals surface area contributed by atoms with Crippen LogP contribution in [-0.2, 0) is 10.0 Å². The number of benzene rings is 2. The second-order valence-corrected chi connectivity index (χ2v) is 7.57. The van der Waals surface area contributed by atoms with E-state index in [4.69, 9.17) is 11.6 Å². The van der Waals surface area contributed by atoms with Crippen molar-refractivity contribution in [2.24, 2.45) is 0 Å². The molecule has 128 valence electrons. The van der Waals surface area contributed by atoms with Crippen LogP contribution in [0.4, 0.5) is 5.69 Å². The lowest BCUT2D eigenvalue weighted by Crippen LogP contribution is -2.28. The molecule has 0 saturated heterocycles. The van der Waals surface area contributed by atoms with Crippen LogP contribution in [-0.4, -0.2) is 20.6 Å². The van der Waals surface area contributed by atoms with Crippen molar-refractivity contribution in [2.45, 2.75) is 19.4 Å². The van der Waals surface area contributed by atoms with Crippen LogP contribution in [0.5, 0.6) is 0 Å². The molecule has 0 saturated carbocycles. The van der Waals surface area contributed by atoms with Gasteiger partial charge in [0.25, 0.3) is 5.91 Å². The van der Waals surface area contributed by atoms with E-state index in [9.17, 15) is 13.2 Å². The Morgan fingerprint density at radius 3 is 2.42 bits per heavy atom. The van der Waals surface area contributed by atoms with Crippen molar-refractivity contribution >= 4 is 33.2 Å². The summed E-state index contributed by atoms with van der Waals surface area (Å²) in [6, 6.07) is 13.9. The first kappa shape index (κ1) is 18.3. The zero-order chi connectivity index (χ0) is 17.7. The summed E-state index contributed by atoms with van der Waals surface area (Å²) in [5, 5.41) is 3.19. The van der Waals surface area contributed by atoms with Crippen LogP contribution >= 0.6 is 11.6 Å². The molecule has 0 aromatic heterocycles. The van der Waals surface area contributed by atoms with Crippen molar-refractivity contribution in [2.75, 3.05) is 11.0 Å². The van der Waals surface area contributed by atoms with E-state index in [1.165, 1.54) is 18.2 Å². The first-order chi connectivity index (χ1) is 11.3. The Morgan fingerprint density at radius 1 is 1.17 bits per heavy atom. The van der Waals surface area contributed by atoms with Crippen molar-refractivity contribution in [1.82, 2.24) is 5.32 Å². The highest BCUT2D eigenvalue weighted by Crippen LogP contribution is 2.23. The zero-order valence-corrected chi connectivity index (χ0v) is 15.0. The Morgan fingerprint density at radius 2 is 1.83 bits per heavy atom. The smallest absolute Gasteiger partial charge is 0.253 e. The number of rotatable bonds is 6. The number of carbonyl (C=O) groups is 1. The van der Waals surface area contributed by atoms with E-state index in [0.29, 0.717) is 12.1 Å². The molecule has 0 radical (unpaired) electrons. The van der Waals surface area contributed by atoms with Crippen molar-refractivity contribution in [3.8, 4) is 0 Å². The number of anilines is 1. The third-order valence-corrected chi connectivity index (χ3v) is 4.37. The SMILES string of the molecule is CC[C@@H](NC(=O)c1cc(NS(C)(=O)=O)ccc1Cl)c1ccccc1. The van der Waals surface area contributed by atoms with Gasteiger partial charge in [0, 0.05) is 5.69 Å². The molecular weight excluding hydrogens is 348 g/mol. The maximum absolute atomic E-state index is 12.6. The number of sulfonamides is 1. The van der Waals surface area contributed by atoms with E-state index in [1.807, 2.05) is 37.3 Å². The van der Waals surface area contributed by atoms with Gasteiger partial charge in [0.2, 0.25) is 10.0 Å². The van der Waals surface area contributed by atoms with Gasteiger partial charge in [0.1, 0.15) is 0 Å². The van der Waals surface area contributed by atoms with Gasteiger partial charge >= 0.3 is 0 Å². The predicted molar refractivity (Wildman–Crippen MR) is 96.9 cm³/mol. The minimum atomic E-state index is -3.43. The lowest BCUT2D eigenvalue weighted by Gasteiger charge is -2.18. The summed E-state index contributed by atoms with van der Waals surface area (Å²) >= 11 is 6.10. The van der Waals surface area contributed by atoms with Gasteiger partial charge in [-0.25, -0.2) is 8.42 Å². The molecule has 2 aromatic rings. The van der Waals surface area contributed by atoms with Crippen molar-refractivity contribution in [1.29, 1.82) is 0 Å². The molecule has 5 nitrogen and oxygen atoms in total. The summed E-state index contributed by atoms with van der Waals surface area (Å²) in [5.74, 6) is -0.354. The monoisotopic (exact) mass is 366 g/mol. The molecule has 7 heteroatoms. The van der Waals surface area contributed by atoms with Gasteiger partial charge in [-0.1, -0.05) is 48.9 Å². The van der Waals surface area contributed by atoms with Gasteiger partial charge in [-0.3, -0.25) is 9.52 Å². The van der Waals surface area contributed by atoms with Crippen LogP contribution in [0.3, 0.4) is 0 Å². The highest BCUT2D eigenvalue weighted by atomic mass is 35.5. The first-order valence-electron chi connectivity index (χ1n) is 7.43. The molecule has 24 heavy (non-hydrogen) atoms. The molecule has 1 amide bonds. The minimum absolute atomic E-state index is 0.152. The number of halogens is 1. The summed E-state index contributed by atoms with van der Waals surface area (Å²) in [6.45, 7) is 1.97. The molecule has 1 atom stereocenters. The predicted octanol–water partition coefficient (Wildman–Crippen LogP) is 3.59. The number of nitrogens with one attached hydrogen (secondary N) is 2. The molecule has 0 bridgehead atoms. The standard InChI is InChI=1S/C17H19ClN2O3S/c1-3-16(12-7-5-4-6-8-12)19-17(21)14-11-13(9-10-15(14)18)20-24(2,22)23/h4-11,16,20H,3H2,1-2H3,(H,19,21)/t16-/m1/s1. The second kappa shape index (κ2) is 7.68. The molecule has 0 aliphatic carbocycles. The normalized spacial score (nSPS) is 12.5. The summed E-state index contributed by atoms with van der Waals surface area (Å²) in [7, 11) is -3.43. The number of hydrogen-bond donors (Lipinski definition) is 2. The molecule has 0 aliphatic rings. The maximum Gasteiger partial charge on any atom is 0.253 e. The Hall–Kier alpha value is -2.05. The van der Waals surface area contributed by atoms with E-state index in [1.54, 1.807) is 0 Å². The summed E-state index contributed by atoms with van der Waals surface area (Å²) in [5.41, 5.74) is 1.51. The number of amides is 1. The van der Waals surface area contributed by atoms with Gasteiger partial charge < -0.3 is 5.32 Å². The average Bonchev–Trinajstić information content (AvgIpc) is 2.53. The third-order valence-electron chi connectivity index (χ3n) is 3.43. The molecule has 2 N–H and O–H groups in total. The van der Waals surface area contributed by atoms with Gasteiger partial charge in [-0.2, -0.15) is 0 Å². The number of carbonyl (C=O) groups excluding carboxylic acids is 1. The Kier molecular flexibility index (Phi) is 5.85. The van der Waals surface area contributed by atoms with Crippen molar-refractivity contribution < 1.29 is 13.2 Å². The molecule has 0 spiro atoms. The summed E-state index contributed by atoms with van der Waals surface area (Å²) < 4.78 is 25.0. The van der Waals surface area contributed by atoms with E-state index >= 15 is 0 Å². The Labute approximate surface area is 147 Å². The molecule has 2 rings (SSSR count). The molecule has 0 unspecified atom stereocenters. The van der Waals surface area contributed by atoms with E-state index < -0.39 is 10.0 Å². The molecule has 0 aliphatic heterocycles. The van der Waals surface area contributed by atoms with Crippen molar-refractivity contribution in [3.05, 3.63) is 64.7 Å². The molecule has 0 fully saturated rings. The van der Waals surface area contributed by atoms with Gasteiger partial charge in [0.15, 0.2) is 0 Å². The Bertz CT molecular complexity index is 823. The van der Waals surface area contributed by atoms with Crippen LogP contribution in [0, 0.1) is 0 Å². The first-order valence-corrected chi connectivity index (χ1v) is 9.70. The highest BCUT2D eigenvalue weighted by molar-refractivity contribution is 7.92. The Balaban J connectivity index is 2.24. The van der Waals surface area contributed by atoms with Crippen LogP contribution < -0.4 is 10.0 Å². The van der Waals surface area contributed by atoms with E-state index in [0.717, 1.165) is 11.8 Å². The van der Waals surface area contributed by atoms with Crippen molar-refractivity contribution in [3.63, 3.8) is 0 Å². The fourth-order valence-electron chi connectivity index (χ4n) is 2.32. The topological polar surface area (TPSA) is 75.3 Å². The number of hydrogen-bond acceptors (Lipinski definition) is 3. The average molecular weight is 367 g/mol. The lowest BCUT2D eigenvalue weighted by molar-refractivity contribution is 0.0935.